The minimum absolute atomic E-state index is 0.0569. The van der Waals surface area contributed by atoms with E-state index in [9.17, 15) is 4.79 Å². The van der Waals surface area contributed by atoms with Gasteiger partial charge in [0.25, 0.3) is 0 Å². The highest BCUT2D eigenvalue weighted by Gasteiger charge is 2.36. The van der Waals surface area contributed by atoms with E-state index in [2.05, 4.69) is 19.9 Å². The lowest BCUT2D eigenvalue weighted by atomic mass is 9.83. The fourth-order valence-electron chi connectivity index (χ4n) is 2.56. The molecule has 1 saturated heterocycles. The summed E-state index contributed by atoms with van der Waals surface area (Å²) < 4.78 is 5.30. The minimum atomic E-state index is -0.741. The molecule has 19 heavy (non-hydrogen) atoms. The van der Waals surface area contributed by atoms with E-state index in [0.717, 1.165) is 12.0 Å². The van der Waals surface area contributed by atoms with Crippen LogP contribution in [-0.4, -0.2) is 24.5 Å². The fourth-order valence-corrected chi connectivity index (χ4v) is 2.56. The van der Waals surface area contributed by atoms with Gasteiger partial charge in [-0.3, -0.25) is 4.79 Å². The SMILES string of the molecule is CC(C)Cc1cccc(C(=O)C2(N)CCOCC2)c1. The van der Waals surface area contributed by atoms with E-state index in [0.29, 0.717) is 32.0 Å². The second-order valence-corrected chi connectivity index (χ2v) is 5.90. The summed E-state index contributed by atoms with van der Waals surface area (Å²) in [6, 6.07) is 7.89. The molecule has 0 bridgehead atoms. The second kappa shape index (κ2) is 5.85. The molecule has 1 aromatic rings. The topological polar surface area (TPSA) is 52.3 Å². The zero-order valence-electron chi connectivity index (χ0n) is 11.8. The van der Waals surface area contributed by atoms with Crippen LogP contribution in [0.1, 0.15) is 42.6 Å². The standard InChI is InChI=1S/C16H23NO2/c1-12(2)10-13-4-3-5-14(11-13)15(18)16(17)6-8-19-9-7-16/h3-5,11-12H,6-10,17H2,1-2H3. The summed E-state index contributed by atoms with van der Waals surface area (Å²) in [4.78, 5) is 12.6. The molecular weight excluding hydrogens is 238 g/mol. The molecule has 0 amide bonds. The molecule has 1 fully saturated rings. The van der Waals surface area contributed by atoms with E-state index in [1.54, 1.807) is 0 Å². The predicted molar refractivity (Wildman–Crippen MR) is 76.3 cm³/mol. The first-order valence-electron chi connectivity index (χ1n) is 7.02. The lowest BCUT2D eigenvalue weighted by molar-refractivity contribution is 0.0448. The van der Waals surface area contributed by atoms with E-state index >= 15 is 0 Å². The Hall–Kier alpha value is -1.19. The molecule has 0 saturated carbocycles. The van der Waals surface area contributed by atoms with Crippen LogP contribution in [0.25, 0.3) is 0 Å². The van der Waals surface area contributed by atoms with Crippen LogP contribution in [-0.2, 0) is 11.2 Å². The maximum Gasteiger partial charge on any atom is 0.182 e. The van der Waals surface area contributed by atoms with Gasteiger partial charge in [0.2, 0.25) is 0 Å². The maximum atomic E-state index is 12.6. The van der Waals surface area contributed by atoms with Crippen LogP contribution in [0.4, 0.5) is 0 Å². The Morgan fingerprint density at radius 2 is 2.05 bits per heavy atom. The van der Waals surface area contributed by atoms with Gasteiger partial charge in [-0.25, -0.2) is 0 Å². The Morgan fingerprint density at radius 1 is 1.37 bits per heavy atom. The molecule has 1 aromatic carbocycles. The van der Waals surface area contributed by atoms with Crippen molar-refractivity contribution in [3.63, 3.8) is 0 Å². The maximum absolute atomic E-state index is 12.6. The number of Topliss-reactive ketones (excluding diaryl/α,β-unsaturated/α-hetero) is 1. The number of ether oxygens (including phenoxy) is 1. The van der Waals surface area contributed by atoms with Crippen molar-refractivity contribution in [2.75, 3.05) is 13.2 Å². The van der Waals surface area contributed by atoms with Crippen LogP contribution < -0.4 is 5.73 Å². The zero-order valence-corrected chi connectivity index (χ0v) is 11.8. The fraction of sp³-hybridized carbons (Fsp3) is 0.562. The van der Waals surface area contributed by atoms with Gasteiger partial charge in [0.05, 0.1) is 5.54 Å². The van der Waals surface area contributed by atoms with Gasteiger partial charge in [-0.1, -0.05) is 32.0 Å². The summed E-state index contributed by atoms with van der Waals surface area (Å²) in [5.74, 6) is 0.640. The van der Waals surface area contributed by atoms with Gasteiger partial charge in [-0.05, 0) is 36.8 Å². The molecule has 0 radical (unpaired) electrons. The van der Waals surface area contributed by atoms with Gasteiger partial charge in [-0.15, -0.1) is 0 Å². The molecule has 0 spiro atoms. The van der Waals surface area contributed by atoms with Crippen molar-refractivity contribution >= 4 is 5.78 Å². The molecule has 1 aliphatic rings. The molecule has 0 aromatic heterocycles. The largest absolute Gasteiger partial charge is 0.381 e. The summed E-state index contributed by atoms with van der Waals surface area (Å²) in [5, 5.41) is 0. The summed E-state index contributed by atoms with van der Waals surface area (Å²) >= 11 is 0. The van der Waals surface area contributed by atoms with Crippen molar-refractivity contribution in [3.8, 4) is 0 Å². The molecule has 1 aliphatic heterocycles. The van der Waals surface area contributed by atoms with Crippen LogP contribution in [0, 0.1) is 5.92 Å². The number of carbonyl (C=O) groups excluding carboxylic acids is 1. The van der Waals surface area contributed by atoms with Crippen molar-refractivity contribution in [2.45, 2.75) is 38.6 Å². The van der Waals surface area contributed by atoms with Gasteiger partial charge in [-0.2, -0.15) is 0 Å². The van der Waals surface area contributed by atoms with Gasteiger partial charge in [0.1, 0.15) is 0 Å². The molecule has 3 heteroatoms. The van der Waals surface area contributed by atoms with Crippen molar-refractivity contribution in [1.29, 1.82) is 0 Å². The molecule has 1 heterocycles. The Bertz CT molecular complexity index is 448. The molecule has 2 rings (SSSR count). The summed E-state index contributed by atoms with van der Waals surface area (Å²) in [5.41, 5.74) is 7.46. The van der Waals surface area contributed by atoms with Crippen molar-refractivity contribution in [2.24, 2.45) is 11.7 Å². The Kier molecular flexibility index (Phi) is 4.38. The smallest absolute Gasteiger partial charge is 0.182 e. The van der Waals surface area contributed by atoms with Crippen LogP contribution in [0.2, 0.25) is 0 Å². The summed E-state index contributed by atoms with van der Waals surface area (Å²) in [6.07, 6.45) is 2.21. The van der Waals surface area contributed by atoms with Crippen LogP contribution in [0.3, 0.4) is 0 Å². The number of rotatable bonds is 4. The third kappa shape index (κ3) is 3.43. The lowest BCUT2D eigenvalue weighted by Gasteiger charge is -2.31. The van der Waals surface area contributed by atoms with E-state index in [4.69, 9.17) is 10.5 Å². The number of hydrogen-bond donors (Lipinski definition) is 1. The van der Waals surface area contributed by atoms with E-state index in [1.807, 2.05) is 18.2 Å². The van der Waals surface area contributed by atoms with Gasteiger partial charge in [0.15, 0.2) is 5.78 Å². The Morgan fingerprint density at radius 3 is 2.68 bits per heavy atom. The highest BCUT2D eigenvalue weighted by Crippen LogP contribution is 2.23. The lowest BCUT2D eigenvalue weighted by Crippen LogP contribution is -2.51. The van der Waals surface area contributed by atoms with Crippen molar-refractivity contribution in [3.05, 3.63) is 35.4 Å². The monoisotopic (exact) mass is 261 g/mol. The van der Waals surface area contributed by atoms with Crippen molar-refractivity contribution < 1.29 is 9.53 Å². The molecule has 0 aliphatic carbocycles. The van der Waals surface area contributed by atoms with Crippen LogP contribution in [0.5, 0.6) is 0 Å². The van der Waals surface area contributed by atoms with Crippen molar-refractivity contribution in [1.82, 2.24) is 0 Å². The summed E-state index contributed by atoms with van der Waals surface area (Å²) in [6.45, 7) is 5.51. The number of ketones is 1. The highest BCUT2D eigenvalue weighted by atomic mass is 16.5. The second-order valence-electron chi connectivity index (χ2n) is 5.90. The van der Waals surface area contributed by atoms with E-state index in [-0.39, 0.29) is 5.78 Å². The molecule has 0 unspecified atom stereocenters. The third-order valence-electron chi connectivity index (χ3n) is 3.67. The molecule has 104 valence electrons. The quantitative estimate of drug-likeness (QED) is 0.848. The molecule has 2 N–H and O–H groups in total. The van der Waals surface area contributed by atoms with Crippen LogP contribution >= 0.6 is 0 Å². The zero-order chi connectivity index (χ0) is 13.9. The van der Waals surface area contributed by atoms with Gasteiger partial charge >= 0.3 is 0 Å². The summed E-state index contributed by atoms with van der Waals surface area (Å²) in [7, 11) is 0. The average Bonchev–Trinajstić information content (AvgIpc) is 2.38. The third-order valence-corrected chi connectivity index (χ3v) is 3.67. The average molecular weight is 261 g/mol. The minimum Gasteiger partial charge on any atom is -0.381 e. The predicted octanol–water partition coefficient (Wildman–Crippen LogP) is 2.58. The number of carbonyl (C=O) groups is 1. The first-order valence-corrected chi connectivity index (χ1v) is 7.02. The normalized spacial score (nSPS) is 18.5. The van der Waals surface area contributed by atoms with Crippen LogP contribution in [0.15, 0.2) is 24.3 Å². The first-order chi connectivity index (χ1) is 9.01. The van der Waals surface area contributed by atoms with E-state index < -0.39 is 5.54 Å². The van der Waals surface area contributed by atoms with E-state index in [1.165, 1.54) is 5.56 Å². The van der Waals surface area contributed by atoms with Gasteiger partial charge in [0, 0.05) is 18.8 Å². The highest BCUT2D eigenvalue weighted by molar-refractivity contribution is 6.03. The number of benzene rings is 1. The first kappa shape index (κ1) is 14.2. The number of hydrogen-bond acceptors (Lipinski definition) is 3. The number of nitrogens with two attached hydrogens (primary N) is 1. The molecule has 0 atom stereocenters. The Labute approximate surface area is 115 Å². The van der Waals surface area contributed by atoms with Gasteiger partial charge < -0.3 is 10.5 Å². The Balaban J connectivity index is 2.18. The molecular formula is C16H23NO2. The molecule has 3 nitrogen and oxygen atoms in total.